The van der Waals surface area contributed by atoms with Gasteiger partial charge in [0.25, 0.3) is 11.8 Å². The van der Waals surface area contributed by atoms with Crippen molar-refractivity contribution in [1.29, 1.82) is 0 Å². The van der Waals surface area contributed by atoms with Crippen LogP contribution in [0.3, 0.4) is 0 Å². The van der Waals surface area contributed by atoms with Crippen LogP contribution in [0.2, 0.25) is 10.0 Å². The molecule has 176 valence electrons. The van der Waals surface area contributed by atoms with Crippen molar-refractivity contribution in [3.63, 3.8) is 0 Å². The summed E-state index contributed by atoms with van der Waals surface area (Å²) in [5.41, 5.74) is 4.32. The van der Waals surface area contributed by atoms with Crippen LogP contribution in [0.15, 0.2) is 66.2 Å². The molecule has 35 heavy (non-hydrogen) atoms. The Balaban J connectivity index is 1.48. The summed E-state index contributed by atoms with van der Waals surface area (Å²) in [6, 6.07) is 18.9. The van der Waals surface area contributed by atoms with Crippen LogP contribution in [0.1, 0.15) is 16.7 Å². The van der Waals surface area contributed by atoms with Crippen LogP contribution in [0.4, 0.5) is 11.4 Å². The highest BCUT2D eigenvalue weighted by Gasteiger charge is 2.36. The minimum absolute atomic E-state index is 0.0720. The fourth-order valence-electron chi connectivity index (χ4n) is 4.23. The maximum atomic E-state index is 13.4. The largest absolute Gasteiger partial charge is 0.496 e. The lowest BCUT2D eigenvalue weighted by atomic mass is 10.1. The molecule has 0 aromatic heterocycles. The summed E-state index contributed by atoms with van der Waals surface area (Å²) >= 11 is 17.7. The van der Waals surface area contributed by atoms with Crippen LogP contribution in [0.25, 0.3) is 6.08 Å². The van der Waals surface area contributed by atoms with Gasteiger partial charge in [-0.25, -0.2) is 0 Å². The van der Waals surface area contributed by atoms with Crippen molar-refractivity contribution in [3.05, 3.63) is 93.0 Å². The average Bonchev–Trinajstić information content (AvgIpc) is 3.28. The van der Waals surface area contributed by atoms with E-state index in [4.69, 9.17) is 40.2 Å². The summed E-state index contributed by atoms with van der Waals surface area (Å²) in [5, 5.41) is 2.91. The van der Waals surface area contributed by atoms with Crippen LogP contribution in [0.5, 0.6) is 5.75 Å². The molecule has 0 radical (unpaired) electrons. The number of ether oxygens (including phenoxy) is 1. The smallest absolute Gasteiger partial charge is 0.270 e. The lowest BCUT2D eigenvalue weighted by Gasteiger charge is -2.29. The summed E-state index contributed by atoms with van der Waals surface area (Å²) in [5.74, 6) is -0.674. The summed E-state index contributed by atoms with van der Waals surface area (Å²) in [6.07, 6.45) is 1.49. The number of nitrogens with zero attached hydrogens (tertiary/aromatic N) is 2. The maximum Gasteiger partial charge on any atom is 0.270 e. The first kappa shape index (κ1) is 23.4. The van der Waals surface area contributed by atoms with E-state index in [0.29, 0.717) is 11.3 Å². The number of halogens is 2. The number of carbonyl (C=O) groups is 2. The number of rotatable bonds is 4. The second-order valence-electron chi connectivity index (χ2n) is 8.08. The standard InChI is InChI=1S/C26H19Cl2N3O3S/c1-34-22-12-18(30-13-16-5-2-3-6-17(16)14-30)10-9-15(22)11-19-24(32)29-26(35)31(25(19)33)21-8-4-7-20(27)23(21)28/h2-12H,13-14H2,1H3,(H,29,32,35). The van der Waals surface area contributed by atoms with Gasteiger partial charge in [0, 0.05) is 30.4 Å². The minimum Gasteiger partial charge on any atom is -0.496 e. The van der Waals surface area contributed by atoms with Crippen molar-refractivity contribution in [1.82, 2.24) is 5.32 Å². The van der Waals surface area contributed by atoms with E-state index in [9.17, 15) is 9.59 Å². The third-order valence-corrected chi connectivity index (χ3v) is 7.09. The third-order valence-electron chi connectivity index (χ3n) is 6.00. The predicted molar refractivity (Wildman–Crippen MR) is 142 cm³/mol. The Morgan fingerprint density at radius 3 is 2.40 bits per heavy atom. The first-order valence-corrected chi connectivity index (χ1v) is 11.9. The van der Waals surface area contributed by atoms with Crippen LogP contribution in [-0.4, -0.2) is 24.0 Å². The molecule has 0 unspecified atom stereocenters. The average molecular weight is 524 g/mol. The summed E-state index contributed by atoms with van der Waals surface area (Å²) in [6.45, 7) is 1.60. The molecule has 3 aromatic rings. The Kier molecular flexibility index (Phi) is 6.23. The second-order valence-corrected chi connectivity index (χ2v) is 9.25. The van der Waals surface area contributed by atoms with Gasteiger partial charge in [-0.15, -0.1) is 0 Å². The quantitative estimate of drug-likeness (QED) is 0.283. The molecule has 0 spiro atoms. The highest BCUT2D eigenvalue weighted by atomic mass is 35.5. The van der Waals surface area contributed by atoms with Gasteiger partial charge >= 0.3 is 0 Å². The number of methoxy groups -OCH3 is 1. The molecule has 0 bridgehead atoms. The Bertz CT molecular complexity index is 1400. The molecule has 1 fully saturated rings. The van der Waals surface area contributed by atoms with E-state index in [1.165, 1.54) is 22.1 Å². The number of hydrogen-bond acceptors (Lipinski definition) is 5. The zero-order valence-electron chi connectivity index (χ0n) is 18.5. The van der Waals surface area contributed by atoms with Gasteiger partial charge in [0.2, 0.25) is 0 Å². The van der Waals surface area contributed by atoms with Crippen LogP contribution in [0, 0.1) is 0 Å². The van der Waals surface area contributed by atoms with Gasteiger partial charge in [-0.3, -0.25) is 19.8 Å². The van der Waals surface area contributed by atoms with Crippen molar-refractivity contribution in [2.45, 2.75) is 13.1 Å². The van der Waals surface area contributed by atoms with Gasteiger partial charge in [0.05, 0.1) is 22.8 Å². The van der Waals surface area contributed by atoms with E-state index in [0.717, 1.165) is 18.8 Å². The molecule has 1 saturated heterocycles. The van der Waals surface area contributed by atoms with Gasteiger partial charge in [0.1, 0.15) is 11.3 Å². The third kappa shape index (κ3) is 4.27. The molecular formula is C26H19Cl2N3O3S. The number of nitrogens with one attached hydrogen (secondary N) is 1. The number of thiocarbonyl (C=S) groups is 1. The van der Waals surface area contributed by atoms with Crippen molar-refractivity contribution >= 4 is 69.8 Å². The number of fused-ring (bicyclic) bond motifs is 1. The molecule has 0 aliphatic carbocycles. The number of benzene rings is 3. The molecule has 2 heterocycles. The topological polar surface area (TPSA) is 61.9 Å². The van der Waals surface area contributed by atoms with E-state index in [2.05, 4.69) is 22.3 Å². The Hall–Kier alpha value is -3.39. The van der Waals surface area contributed by atoms with E-state index in [-0.39, 0.29) is 26.4 Å². The Morgan fingerprint density at radius 1 is 1.00 bits per heavy atom. The van der Waals surface area contributed by atoms with Gasteiger partial charge in [0.15, 0.2) is 5.11 Å². The molecule has 2 amide bonds. The van der Waals surface area contributed by atoms with E-state index >= 15 is 0 Å². The van der Waals surface area contributed by atoms with E-state index in [1.54, 1.807) is 25.3 Å². The zero-order chi connectivity index (χ0) is 24.7. The molecule has 0 saturated carbocycles. The molecule has 5 rings (SSSR count). The van der Waals surface area contributed by atoms with Crippen molar-refractivity contribution < 1.29 is 14.3 Å². The fourth-order valence-corrected chi connectivity index (χ4v) is 4.88. The summed E-state index contributed by atoms with van der Waals surface area (Å²) in [4.78, 5) is 29.5. The highest BCUT2D eigenvalue weighted by molar-refractivity contribution is 7.80. The predicted octanol–water partition coefficient (Wildman–Crippen LogP) is 5.35. The van der Waals surface area contributed by atoms with Gasteiger partial charge < -0.3 is 9.64 Å². The first-order chi connectivity index (χ1) is 16.9. The number of carbonyl (C=O) groups excluding carboxylic acids is 2. The van der Waals surface area contributed by atoms with Crippen molar-refractivity contribution in [2.24, 2.45) is 0 Å². The van der Waals surface area contributed by atoms with Gasteiger partial charge in [-0.05, 0) is 53.7 Å². The lowest BCUT2D eigenvalue weighted by molar-refractivity contribution is -0.122. The van der Waals surface area contributed by atoms with Crippen LogP contribution in [-0.2, 0) is 22.7 Å². The molecule has 2 aliphatic heterocycles. The summed E-state index contributed by atoms with van der Waals surface area (Å²) < 4.78 is 5.61. The number of hydrogen-bond donors (Lipinski definition) is 1. The first-order valence-electron chi connectivity index (χ1n) is 10.7. The van der Waals surface area contributed by atoms with Crippen LogP contribution >= 0.6 is 35.4 Å². The van der Waals surface area contributed by atoms with E-state index in [1.807, 2.05) is 30.3 Å². The molecule has 9 heteroatoms. The highest BCUT2D eigenvalue weighted by Crippen LogP contribution is 2.36. The zero-order valence-corrected chi connectivity index (χ0v) is 20.9. The molecule has 6 nitrogen and oxygen atoms in total. The Labute approximate surface area is 217 Å². The SMILES string of the molecule is COc1cc(N2Cc3ccccc3C2)ccc1C=C1C(=O)NC(=S)N(c2cccc(Cl)c2Cl)C1=O. The fraction of sp³-hybridized carbons (Fsp3) is 0.115. The van der Waals surface area contributed by atoms with E-state index < -0.39 is 11.8 Å². The van der Waals surface area contributed by atoms with Crippen LogP contribution < -0.4 is 19.9 Å². The number of anilines is 2. The lowest BCUT2D eigenvalue weighted by Crippen LogP contribution is -2.54. The minimum atomic E-state index is -0.607. The van der Waals surface area contributed by atoms with Gasteiger partial charge in [-0.1, -0.05) is 53.5 Å². The normalized spacial score (nSPS) is 16.5. The molecule has 3 aromatic carbocycles. The summed E-state index contributed by atoms with van der Waals surface area (Å²) in [7, 11) is 1.55. The maximum absolute atomic E-state index is 13.4. The molecular weight excluding hydrogens is 505 g/mol. The molecule has 2 aliphatic rings. The second kappa shape index (κ2) is 9.34. The van der Waals surface area contributed by atoms with Crippen molar-refractivity contribution in [2.75, 3.05) is 16.9 Å². The molecule has 1 N–H and O–H groups in total. The van der Waals surface area contributed by atoms with Crippen molar-refractivity contribution in [3.8, 4) is 5.75 Å². The van der Waals surface area contributed by atoms with Gasteiger partial charge in [-0.2, -0.15) is 0 Å². The molecule has 0 atom stereocenters. The monoisotopic (exact) mass is 523 g/mol. The Morgan fingerprint density at radius 2 is 1.71 bits per heavy atom. The number of amides is 2.